The third-order valence-corrected chi connectivity index (χ3v) is 4.29. The smallest absolute Gasteiger partial charge is 0.227 e. The Labute approximate surface area is 143 Å². The van der Waals surface area contributed by atoms with Crippen molar-refractivity contribution >= 4 is 11.6 Å². The summed E-state index contributed by atoms with van der Waals surface area (Å²) in [7, 11) is 0. The summed E-state index contributed by atoms with van der Waals surface area (Å²) in [4.78, 5) is 14.1. The van der Waals surface area contributed by atoms with Crippen molar-refractivity contribution in [2.75, 3.05) is 31.6 Å². The molecule has 1 amide bonds. The minimum absolute atomic E-state index is 0.179. The van der Waals surface area contributed by atoms with Gasteiger partial charge in [0.15, 0.2) is 0 Å². The van der Waals surface area contributed by atoms with Gasteiger partial charge in [-0.25, -0.2) is 0 Å². The van der Waals surface area contributed by atoms with Crippen LogP contribution in [0.4, 0.5) is 5.69 Å². The van der Waals surface area contributed by atoms with Gasteiger partial charge in [-0.3, -0.25) is 4.79 Å². The Morgan fingerprint density at radius 2 is 1.62 bits per heavy atom. The van der Waals surface area contributed by atoms with Crippen LogP contribution >= 0.6 is 0 Å². The van der Waals surface area contributed by atoms with E-state index in [9.17, 15) is 4.79 Å². The number of amides is 1. The van der Waals surface area contributed by atoms with E-state index in [1.165, 1.54) is 11.1 Å². The number of nitrogens with one attached hydrogen (secondary N) is 1. The minimum atomic E-state index is 0.179. The number of ether oxygens (including phenoxy) is 1. The van der Waals surface area contributed by atoms with Gasteiger partial charge in [0.25, 0.3) is 0 Å². The molecule has 0 unspecified atom stereocenters. The maximum atomic E-state index is 12.2. The number of carbonyl (C=O) groups is 1. The van der Waals surface area contributed by atoms with Gasteiger partial charge >= 0.3 is 0 Å². The third-order valence-electron chi connectivity index (χ3n) is 4.29. The number of morpholine rings is 1. The van der Waals surface area contributed by atoms with Gasteiger partial charge in [0.05, 0.1) is 19.6 Å². The predicted octanol–water partition coefficient (Wildman–Crippen LogP) is 3.01. The molecule has 0 atom stereocenters. The van der Waals surface area contributed by atoms with Crippen LogP contribution in [0.3, 0.4) is 0 Å². The van der Waals surface area contributed by atoms with Crippen molar-refractivity contribution in [1.29, 1.82) is 0 Å². The highest BCUT2D eigenvalue weighted by Crippen LogP contribution is 2.13. The predicted molar refractivity (Wildman–Crippen MR) is 96.1 cm³/mol. The molecule has 4 heteroatoms. The fraction of sp³-hybridized carbons (Fsp3) is 0.350. The molecule has 1 fully saturated rings. The van der Waals surface area contributed by atoms with E-state index in [1.807, 2.05) is 29.2 Å². The van der Waals surface area contributed by atoms with Crippen molar-refractivity contribution < 1.29 is 9.53 Å². The molecule has 0 aliphatic carbocycles. The van der Waals surface area contributed by atoms with E-state index in [4.69, 9.17) is 4.74 Å². The van der Waals surface area contributed by atoms with Crippen LogP contribution < -0.4 is 5.32 Å². The first-order valence-electron chi connectivity index (χ1n) is 8.44. The monoisotopic (exact) mass is 324 g/mol. The van der Waals surface area contributed by atoms with Gasteiger partial charge in [-0.15, -0.1) is 0 Å². The van der Waals surface area contributed by atoms with Crippen molar-refractivity contribution in [2.45, 2.75) is 19.9 Å². The molecule has 2 aromatic rings. The Morgan fingerprint density at radius 1 is 1.00 bits per heavy atom. The van der Waals surface area contributed by atoms with Crippen LogP contribution in [0.25, 0.3) is 0 Å². The zero-order valence-electron chi connectivity index (χ0n) is 14.1. The van der Waals surface area contributed by atoms with E-state index >= 15 is 0 Å². The van der Waals surface area contributed by atoms with E-state index in [2.05, 4.69) is 36.5 Å². The summed E-state index contributed by atoms with van der Waals surface area (Å²) in [5.41, 5.74) is 4.64. The molecule has 0 radical (unpaired) electrons. The summed E-state index contributed by atoms with van der Waals surface area (Å²) < 4.78 is 5.28. The first-order chi connectivity index (χ1) is 11.7. The van der Waals surface area contributed by atoms with Gasteiger partial charge in [0.1, 0.15) is 0 Å². The first-order valence-corrected chi connectivity index (χ1v) is 8.44. The Bertz CT molecular complexity index is 659. The second-order valence-corrected chi connectivity index (χ2v) is 6.21. The van der Waals surface area contributed by atoms with Crippen LogP contribution in [0.15, 0.2) is 48.5 Å². The van der Waals surface area contributed by atoms with Crippen molar-refractivity contribution in [2.24, 2.45) is 0 Å². The lowest BCUT2D eigenvalue weighted by atomic mass is 10.1. The molecular formula is C20H24N2O2. The second-order valence-electron chi connectivity index (χ2n) is 6.21. The van der Waals surface area contributed by atoms with E-state index < -0.39 is 0 Å². The summed E-state index contributed by atoms with van der Waals surface area (Å²) in [6, 6.07) is 16.6. The molecule has 24 heavy (non-hydrogen) atoms. The van der Waals surface area contributed by atoms with Crippen LogP contribution in [0.5, 0.6) is 0 Å². The zero-order chi connectivity index (χ0) is 16.8. The fourth-order valence-corrected chi connectivity index (χ4v) is 2.75. The molecular weight excluding hydrogens is 300 g/mol. The SMILES string of the molecule is Cc1ccc(CNc2ccc(CC(=O)N3CCOCC3)cc2)cc1. The van der Waals surface area contributed by atoms with Crippen molar-refractivity contribution in [3.8, 4) is 0 Å². The maximum absolute atomic E-state index is 12.2. The average Bonchev–Trinajstić information content (AvgIpc) is 2.63. The molecule has 1 saturated heterocycles. The number of rotatable bonds is 5. The Hall–Kier alpha value is -2.33. The Balaban J connectivity index is 1.51. The number of hydrogen-bond acceptors (Lipinski definition) is 3. The van der Waals surface area contributed by atoms with Gasteiger partial charge < -0.3 is 15.0 Å². The molecule has 1 heterocycles. The lowest BCUT2D eigenvalue weighted by molar-refractivity contribution is -0.134. The normalized spacial score (nSPS) is 14.5. The highest BCUT2D eigenvalue weighted by atomic mass is 16.5. The van der Waals surface area contributed by atoms with Crippen LogP contribution in [0.2, 0.25) is 0 Å². The summed E-state index contributed by atoms with van der Waals surface area (Å²) in [6.07, 6.45) is 0.457. The number of anilines is 1. The van der Waals surface area contributed by atoms with E-state index in [1.54, 1.807) is 0 Å². The number of benzene rings is 2. The van der Waals surface area contributed by atoms with Crippen LogP contribution in [0, 0.1) is 6.92 Å². The standard InChI is InChI=1S/C20H24N2O2/c1-16-2-4-18(5-3-16)15-21-19-8-6-17(7-9-19)14-20(23)22-10-12-24-13-11-22/h2-9,21H,10-15H2,1H3. The molecule has 4 nitrogen and oxygen atoms in total. The average molecular weight is 324 g/mol. The molecule has 0 bridgehead atoms. The largest absolute Gasteiger partial charge is 0.381 e. The van der Waals surface area contributed by atoms with Crippen LogP contribution in [-0.4, -0.2) is 37.1 Å². The van der Waals surface area contributed by atoms with Gasteiger partial charge in [-0.2, -0.15) is 0 Å². The van der Waals surface area contributed by atoms with Gasteiger partial charge in [-0.05, 0) is 30.2 Å². The van der Waals surface area contributed by atoms with Gasteiger partial charge in [-0.1, -0.05) is 42.0 Å². The lowest BCUT2D eigenvalue weighted by Crippen LogP contribution is -2.41. The van der Waals surface area contributed by atoms with E-state index in [0.29, 0.717) is 32.7 Å². The Kier molecular flexibility index (Phi) is 5.49. The highest BCUT2D eigenvalue weighted by Gasteiger charge is 2.16. The summed E-state index contributed by atoms with van der Waals surface area (Å²) in [5.74, 6) is 0.179. The number of nitrogens with zero attached hydrogens (tertiary/aromatic N) is 1. The molecule has 2 aromatic carbocycles. The van der Waals surface area contributed by atoms with Gasteiger partial charge in [0, 0.05) is 25.3 Å². The summed E-state index contributed by atoms with van der Waals surface area (Å²) in [6.45, 7) is 5.59. The van der Waals surface area contributed by atoms with E-state index in [0.717, 1.165) is 17.8 Å². The van der Waals surface area contributed by atoms with Crippen molar-refractivity contribution in [3.63, 3.8) is 0 Å². The fourth-order valence-electron chi connectivity index (χ4n) is 2.75. The van der Waals surface area contributed by atoms with Gasteiger partial charge in [0.2, 0.25) is 5.91 Å². The third kappa shape index (κ3) is 4.59. The summed E-state index contributed by atoms with van der Waals surface area (Å²) >= 11 is 0. The molecule has 126 valence electrons. The minimum Gasteiger partial charge on any atom is -0.381 e. The quantitative estimate of drug-likeness (QED) is 0.919. The zero-order valence-corrected chi connectivity index (χ0v) is 14.1. The lowest BCUT2D eigenvalue weighted by Gasteiger charge is -2.26. The Morgan fingerprint density at radius 3 is 2.29 bits per heavy atom. The van der Waals surface area contributed by atoms with Crippen molar-refractivity contribution in [1.82, 2.24) is 4.90 Å². The molecule has 1 aliphatic heterocycles. The molecule has 0 aromatic heterocycles. The first kappa shape index (κ1) is 16.5. The number of carbonyl (C=O) groups excluding carboxylic acids is 1. The molecule has 1 aliphatic rings. The molecule has 1 N–H and O–H groups in total. The second kappa shape index (κ2) is 7.97. The van der Waals surface area contributed by atoms with Crippen molar-refractivity contribution in [3.05, 3.63) is 65.2 Å². The highest BCUT2D eigenvalue weighted by molar-refractivity contribution is 5.79. The van der Waals surface area contributed by atoms with E-state index in [-0.39, 0.29) is 5.91 Å². The number of aryl methyl sites for hydroxylation is 1. The molecule has 0 saturated carbocycles. The van der Waals surface area contributed by atoms with Crippen LogP contribution in [0.1, 0.15) is 16.7 Å². The number of hydrogen-bond donors (Lipinski definition) is 1. The molecule has 0 spiro atoms. The maximum Gasteiger partial charge on any atom is 0.227 e. The molecule has 3 rings (SSSR count). The summed E-state index contributed by atoms with van der Waals surface area (Å²) in [5, 5.41) is 3.41. The topological polar surface area (TPSA) is 41.6 Å². The van der Waals surface area contributed by atoms with Crippen LogP contribution in [-0.2, 0) is 22.5 Å².